The number of esters is 1. The van der Waals surface area contributed by atoms with Crippen LogP contribution in [0.25, 0.3) is 44.5 Å². The highest BCUT2D eigenvalue weighted by Gasteiger charge is 2.26. The summed E-state index contributed by atoms with van der Waals surface area (Å²) in [6, 6.07) is 42.0. The molecule has 2 heteroatoms. The van der Waals surface area contributed by atoms with Gasteiger partial charge >= 0.3 is 5.97 Å². The van der Waals surface area contributed by atoms with Gasteiger partial charge < -0.3 is 4.74 Å². The Kier molecular flexibility index (Phi) is 7.28. The molecular formula is C35H30O2. The fourth-order valence-electron chi connectivity index (χ4n) is 5.18. The largest absolute Gasteiger partial charge is 0.466 e. The Morgan fingerprint density at radius 3 is 1.30 bits per heavy atom. The second-order valence-corrected chi connectivity index (χ2v) is 9.05. The average molecular weight is 483 g/mol. The maximum atomic E-state index is 13.0. The van der Waals surface area contributed by atoms with Crippen molar-refractivity contribution in [1.29, 1.82) is 0 Å². The van der Waals surface area contributed by atoms with Crippen molar-refractivity contribution >= 4 is 5.97 Å². The van der Waals surface area contributed by atoms with Crippen LogP contribution in [-0.2, 0) is 16.0 Å². The first-order valence-corrected chi connectivity index (χ1v) is 12.8. The predicted octanol–water partition coefficient (Wildman–Crippen LogP) is 8.77. The average Bonchev–Trinajstić information content (AvgIpc) is 2.95. The van der Waals surface area contributed by atoms with E-state index in [4.69, 9.17) is 4.74 Å². The minimum absolute atomic E-state index is 0.207. The molecule has 0 spiro atoms. The zero-order valence-electron chi connectivity index (χ0n) is 21.3. The first-order chi connectivity index (χ1) is 18.2. The Morgan fingerprint density at radius 1 is 0.541 bits per heavy atom. The van der Waals surface area contributed by atoms with E-state index in [2.05, 4.69) is 104 Å². The molecule has 0 fully saturated rings. The Balaban J connectivity index is 2.00. The third-order valence-electron chi connectivity index (χ3n) is 6.76. The molecule has 0 bridgehead atoms. The second kappa shape index (κ2) is 11.1. The van der Waals surface area contributed by atoms with Crippen LogP contribution >= 0.6 is 0 Å². The minimum Gasteiger partial charge on any atom is -0.466 e. The van der Waals surface area contributed by atoms with Crippen molar-refractivity contribution in [3.8, 4) is 44.5 Å². The number of rotatable bonds is 7. The van der Waals surface area contributed by atoms with E-state index >= 15 is 0 Å². The molecule has 0 unspecified atom stereocenters. The van der Waals surface area contributed by atoms with Crippen LogP contribution in [0.4, 0.5) is 0 Å². The summed E-state index contributed by atoms with van der Waals surface area (Å²) < 4.78 is 5.46. The number of benzene rings is 5. The highest BCUT2D eigenvalue weighted by Crippen LogP contribution is 2.49. The van der Waals surface area contributed by atoms with E-state index in [1.54, 1.807) is 0 Å². The van der Waals surface area contributed by atoms with Crippen LogP contribution in [0.2, 0.25) is 0 Å². The standard InChI is InChI=1S/C35H30O2/c1-3-37-31(36)24-30-25(2)32(26-16-8-4-9-17-26)34(28-20-12-6-13-21-28)35(29-22-14-7-15-23-29)33(30)27-18-10-5-11-19-27/h4-23H,3,24H2,1-2H3. The second-order valence-electron chi connectivity index (χ2n) is 9.05. The van der Waals surface area contributed by atoms with E-state index in [0.29, 0.717) is 6.61 Å². The fourth-order valence-corrected chi connectivity index (χ4v) is 5.18. The molecule has 182 valence electrons. The Morgan fingerprint density at radius 2 is 0.892 bits per heavy atom. The van der Waals surface area contributed by atoms with Crippen LogP contribution in [0.3, 0.4) is 0 Å². The quantitative estimate of drug-likeness (QED) is 0.217. The topological polar surface area (TPSA) is 26.3 Å². The molecule has 0 heterocycles. The molecule has 0 aliphatic rings. The summed E-state index contributed by atoms with van der Waals surface area (Å²) in [5.74, 6) is -0.215. The van der Waals surface area contributed by atoms with Crippen molar-refractivity contribution in [3.63, 3.8) is 0 Å². The van der Waals surface area contributed by atoms with Crippen LogP contribution in [0, 0.1) is 6.92 Å². The van der Waals surface area contributed by atoms with Gasteiger partial charge in [-0.2, -0.15) is 0 Å². The molecule has 2 nitrogen and oxygen atoms in total. The van der Waals surface area contributed by atoms with Gasteiger partial charge in [0.05, 0.1) is 13.0 Å². The number of hydrogen-bond donors (Lipinski definition) is 0. The van der Waals surface area contributed by atoms with E-state index in [1.165, 1.54) is 5.56 Å². The summed E-state index contributed by atoms with van der Waals surface area (Å²) in [7, 11) is 0. The summed E-state index contributed by atoms with van der Waals surface area (Å²) in [5.41, 5.74) is 11.1. The Labute approximate surface area is 219 Å². The molecule has 0 aromatic heterocycles. The summed E-state index contributed by atoms with van der Waals surface area (Å²) in [4.78, 5) is 13.0. The Hall–Kier alpha value is -4.43. The fraction of sp³-hybridized carbons (Fsp3) is 0.114. The smallest absolute Gasteiger partial charge is 0.310 e. The van der Waals surface area contributed by atoms with Crippen molar-refractivity contribution in [2.45, 2.75) is 20.3 Å². The summed E-state index contributed by atoms with van der Waals surface area (Å²) in [6.07, 6.45) is 0.207. The lowest BCUT2D eigenvalue weighted by Crippen LogP contribution is -2.12. The van der Waals surface area contributed by atoms with Gasteiger partial charge in [-0.05, 0) is 69.5 Å². The van der Waals surface area contributed by atoms with Gasteiger partial charge in [0.1, 0.15) is 0 Å². The lowest BCUT2D eigenvalue weighted by molar-refractivity contribution is -0.142. The van der Waals surface area contributed by atoms with Gasteiger partial charge in [0.2, 0.25) is 0 Å². The maximum Gasteiger partial charge on any atom is 0.310 e. The first kappa shape index (κ1) is 24.3. The van der Waals surface area contributed by atoms with Gasteiger partial charge in [0.25, 0.3) is 0 Å². The molecule has 0 N–H and O–H groups in total. The molecule has 5 aromatic rings. The van der Waals surface area contributed by atoms with Crippen molar-refractivity contribution in [1.82, 2.24) is 0 Å². The van der Waals surface area contributed by atoms with Gasteiger partial charge in [-0.15, -0.1) is 0 Å². The zero-order valence-corrected chi connectivity index (χ0v) is 21.3. The van der Waals surface area contributed by atoms with Crippen molar-refractivity contribution in [2.24, 2.45) is 0 Å². The number of carbonyl (C=O) groups excluding carboxylic acids is 1. The first-order valence-electron chi connectivity index (χ1n) is 12.8. The van der Waals surface area contributed by atoms with E-state index in [9.17, 15) is 4.79 Å². The van der Waals surface area contributed by atoms with Gasteiger partial charge in [-0.1, -0.05) is 121 Å². The van der Waals surface area contributed by atoms with Crippen LogP contribution < -0.4 is 0 Å². The number of hydrogen-bond acceptors (Lipinski definition) is 2. The molecule has 0 saturated carbocycles. The van der Waals surface area contributed by atoms with Gasteiger partial charge in [-0.25, -0.2) is 0 Å². The normalized spacial score (nSPS) is 10.8. The van der Waals surface area contributed by atoms with Crippen LogP contribution in [0.15, 0.2) is 121 Å². The molecule has 0 saturated heterocycles. The maximum absolute atomic E-state index is 13.0. The van der Waals surface area contributed by atoms with E-state index < -0.39 is 0 Å². The SMILES string of the molecule is CCOC(=O)Cc1c(C)c(-c2ccccc2)c(-c2ccccc2)c(-c2ccccc2)c1-c1ccccc1. The van der Waals surface area contributed by atoms with E-state index in [1.807, 2.05) is 31.2 Å². The van der Waals surface area contributed by atoms with Crippen molar-refractivity contribution < 1.29 is 9.53 Å². The summed E-state index contributed by atoms with van der Waals surface area (Å²) in [6.45, 7) is 4.36. The van der Waals surface area contributed by atoms with Gasteiger partial charge in [0.15, 0.2) is 0 Å². The number of ether oxygens (including phenoxy) is 1. The highest BCUT2D eigenvalue weighted by atomic mass is 16.5. The molecule has 5 rings (SSSR count). The van der Waals surface area contributed by atoms with Crippen molar-refractivity contribution in [3.05, 3.63) is 132 Å². The van der Waals surface area contributed by atoms with Crippen molar-refractivity contribution in [2.75, 3.05) is 6.61 Å². The van der Waals surface area contributed by atoms with Gasteiger partial charge in [-0.3, -0.25) is 4.79 Å². The molecule has 5 aromatic carbocycles. The molecule has 0 radical (unpaired) electrons. The van der Waals surface area contributed by atoms with Crippen LogP contribution in [-0.4, -0.2) is 12.6 Å². The zero-order chi connectivity index (χ0) is 25.6. The third kappa shape index (κ3) is 4.96. The lowest BCUT2D eigenvalue weighted by Gasteiger charge is -2.26. The number of carbonyl (C=O) groups is 1. The molecule has 0 aliphatic carbocycles. The molecule has 37 heavy (non-hydrogen) atoms. The third-order valence-corrected chi connectivity index (χ3v) is 6.76. The Bertz CT molecular complexity index is 1490. The predicted molar refractivity (Wildman–Crippen MR) is 153 cm³/mol. The van der Waals surface area contributed by atoms with E-state index in [0.717, 1.165) is 50.1 Å². The van der Waals surface area contributed by atoms with Crippen LogP contribution in [0.5, 0.6) is 0 Å². The molecule has 0 aliphatic heterocycles. The van der Waals surface area contributed by atoms with Crippen LogP contribution in [0.1, 0.15) is 18.1 Å². The van der Waals surface area contributed by atoms with Gasteiger partial charge in [0, 0.05) is 0 Å². The molecule has 0 amide bonds. The molecular weight excluding hydrogens is 452 g/mol. The summed E-state index contributed by atoms with van der Waals surface area (Å²) >= 11 is 0. The van der Waals surface area contributed by atoms with E-state index in [-0.39, 0.29) is 12.4 Å². The highest BCUT2D eigenvalue weighted by molar-refractivity contribution is 6.05. The molecule has 0 atom stereocenters. The monoisotopic (exact) mass is 482 g/mol. The lowest BCUT2D eigenvalue weighted by atomic mass is 9.77. The minimum atomic E-state index is -0.215. The summed E-state index contributed by atoms with van der Waals surface area (Å²) in [5, 5.41) is 0.